The van der Waals surface area contributed by atoms with E-state index in [4.69, 9.17) is 4.98 Å². The topological polar surface area (TPSA) is 41.6 Å². The van der Waals surface area contributed by atoms with Crippen molar-refractivity contribution in [2.75, 3.05) is 0 Å². The van der Waals surface area contributed by atoms with Crippen molar-refractivity contribution in [3.05, 3.63) is 95.5 Å². The Bertz CT molecular complexity index is 1260. The van der Waals surface area contributed by atoms with Crippen LogP contribution in [0, 0.1) is 0 Å². The van der Waals surface area contributed by atoms with E-state index in [2.05, 4.69) is 86.8 Å². The fraction of sp³-hybridized carbons (Fsp3) is 0. The molecule has 0 aliphatic rings. The highest BCUT2D eigenvalue weighted by Crippen LogP contribution is 2.35. The first-order chi connectivity index (χ1) is 13.8. The minimum absolute atomic E-state index is 0.706. The number of nitrogens with zero attached hydrogens (tertiary/aromatic N) is 2. The number of nitrogens with one attached hydrogen (secondary N) is 1. The second-order valence-electron chi connectivity index (χ2n) is 6.59. The first kappa shape index (κ1) is 16.9. The molecule has 4 aromatic carbocycles. The quantitative estimate of drug-likeness (QED) is 0.348. The molecule has 3 nitrogen and oxygen atoms in total. The predicted molar refractivity (Wildman–Crippen MR) is 118 cm³/mol. The third-order valence-electron chi connectivity index (χ3n) is 4.85. The van der Waals surface area contributed by atoms with Crippen LogP contribution in [0.15, 0.2) is 95.5 Å². The van der Waals surface area contributed by atoms with E-state index in [0.717, 1.165) is 26.8 Å². The van der Waals surface area contributed by atoms with Crippen molar-refractivity contribution >= 4 is 26.7 Å². The maximum absolute atomic E-state index is 4.74. The van der Waals surface area contributed by atoms with Gasteiger partial charge in [0.15, 0.2) is 11.6 Å². The molecule has 0 aliphatic heterocycles. The molecule has 28 heavy (non-hydrogen) atoms. The van der Waals surface area contributed by atoms with Crippen LogP contribution in [0.4, 0.5) is 0 Å². The molecule has 5 aromatic rings. The van der Waals surface area contributed by atoms with Crippen LogP contribution in [-0.2, 0) is 0 Å². The Balaban J connectivity index is 1.65. The molecule has 0 unspecified atom stereocenters. The summed E-state index contributed by atoms with van der Waals surface area (Å²) < 4.78 is 1.08. The molecule has 0 amide bonds. The minimum atomic E-state index is 0.706. The van der Waals surface area contributed by atoms with Crippen molar-refractivity contribution in [1.29, 1.82) is 0 Å². The van der Waals surface area contributed by atoms with Gasteiger partial charge in [0.25, 0.3) is 0 Å². The monoisotopic (exact) mass is 425 g/mol. The van der Waals surface area contributed by atoms with Crippen molar-refractivity contribution in [2.45, 2.75) is 0 Å². The number of halogens is 1. The molecule has 1 N–H and O–H groups in total. The predicted octanol–water partition coefficient (Wildman–Crippen LogP) is 6.72. The number of aromatic nitrogens is 3. The molecule has 0 aliphatic carbocycles. The van der Waals surface area contributed by atoms with Crippen LogP contribution in [0.5, 0.6) is 0 Å². The number of benzene rings is 4. The number of H-pyrrole nitrogens is 1. The molecule has 1 heterocycles. The summed E-state index contributed by atoms with van der Waals surface area (Å²) in [5, 5.41) is 9.88. The van der Waals surface area contributed by atoms with Crippen LogP contribution in [0.3, 0.4) is 0 Å². The van der Waals surface area contributed by atoms with Crippen LogP contribution < -0.4 is 0 Å². The summed E-state index contributed by atoms with van der Waals surface area (Å²) in [4.78, 5) is 4.74. The summed E-state index contributed by atoms with van der Waals surface area (Å²) in [6.45, 7) is 0. The van der Waals surface area contributed by atoms with Crippen molar-refractivity contribution in [3.63, 3.8) is 0 Å². The van der Waals surface area contributed by atoms with Gasteiger partial charge in [-0.15, -0.1) is 0 Å². The Morgan fingerprint density at radius 3 is 2.00 bits per heavy atom. The number of rotatable bonds is 3. The van der Waals surface area contributed by atoms with Gasteiger partial charge in [-0.05, 0) is 40.1 Å². The molecule has 0 radical (unpaired) electrons. The summed E-state index contributed by atoms with van der Waals surface area (Å²) in [7, 11) is 0. The maximum atomic E-state index is 4.74. The molecule has 0 saturated heterocycles. The van der Waals surface area contributed by atoms with Gasteiger partial charge in [-0.25, -0.2) is 4.98 Å². The lowest BCUT2D eigenvalue weighted by molar-refractivity contribution is 1.10. The first-order valence-corrected chi connectivity index (χ1v) is 9.85. The van der Waals surface area contributed by atoms with Crippen molar-refractivity contribution in [3.8, 4) is 33.9 Å². The molecule has 4 heteroatoms. The van der Waals surface area contributed by atoms with Crippen molar-refractivity contribution in [1.82, 2.24) is 15.2 Å². The van der Waals surface area contributed by atoms with Gasteiger partial charge in [-0.3, -0.25) is 5.10 Å². The zero-order valence-corrected chi connectivity index (χ0v) is 16.5. The summed E-state index contributed by atoms with van der Waals surface area (Å²) in [6, 6.07) is 31.1. The van der Waals surface area contributed by atoms with Crippen molar-refractivity contribution < 1.29 is 0 Å². The Labute approximate surface area is 171 Å². The highest BCUT2D eigenvalue weighted by Gasteiger charge is 2.13. The lowest BCUT2D eigenvalue weighted by Gasteiger charge is -2.10. The van der Waals surface area contributed by atoms with Gasteiger partial charge >= 0.3 is 0 Å². The van der Waals surface area contributed by atoms with Crippen LogP contribution in [0.25, 0.3) is 44.7 Å². The molecular formula is C24H16BrN3. The van der Waals surface area contributed by atoms with E-state index in [1.807, 2.05) is 30.3 Å². The number of hydrogen-bond donors (Lipinski definition) is 1. The summed E-state index contributed by atoms with van der Waals surface area (Å²) in [5.41, 5.74) is 4.43. The lowest BCUT2D eigenvalue weighted by Crippen LogP contribution is -1.87. The van der Waals surface area contributed by atoms with E-state index >= 15 is 0 Å². The molecule has 0 saturated carbocycles. The molecule has 0 bridgehead atoms. The maximum Gasteiger partial charge on any atom is 0.182 e. The molecule has 0 atom stereocenters. The summed E-state index contributed by atoms with van der Waals surface area (Å²) >= 11 is 3.51. The van der Waals surface area contributed by atoms with Crippen LogP contribution in [0.2, 0.25) is 0 Å². The Morgan fingerprint density at radius 1 is 0.607 bits per heavy atom. The Kier molecular flexibility index (Phi) is 4.26. The second-order valence-corrected chi connectivity index (χ2v) is 7.50. The Morgan fingerprint density at radius 2 is 1.25 bits per heavy atom. The van der Waals surface area contributed by atoms with Crippen LogP contribution >= 0.6 is 15.9 Å². The van der Waals surface area contributed by atoms with E-state index < -0.39 is 0 Å². The fourth-order valence-electron chi connectivity index (χ4n) is 3.48. The largest absolute Gasteiger partial charge is 0.259 e. The van der Waals surface area contributed by atoms with E-state index in [-0.39, 0.29) is 0 Å². The summed E-state index contributed by atoms with van der Waals surface area (Å²) in [6.07, 6.45) is 0. The summed E-state index contributed by atoms with van der Waals surface area (Å²) in [5.74, 6) is 1.48. The highest BCUT2D eigenvalue weighted by atomic mass is 79.9. The first-order valence-electron chi connectivity index (χ1n) is 9.05. The third-order valence-corrected chi connectivity index (χ3v) is 5.38. The Hall–Kier alpha value is -3.24. The fourth-order valence-corrected chi connectivity index (χ4v) is 3.75. The van der Waals surface area contributed by atoms with Gasteiger partial charge in [-0.2, -0.15) is 5.10 Å². The van der Waals surface area contributed by atoms with Crippen molar-refractivity contribution in [2.24, 2.45) is 0 Å². The average Bonchev–Trinajstić information content (AvgIpc) is 3.24. The molecule has 134 valence electrons. The van der Waals surface area contributed by atoms with Gasteiger partial charge in [0.1, 0.15) is 0 Å². The standard InChI is InChI=1S/C24H16BrN3/c25-18-12-10-16(11-13-18)19-14-15-22(21-9-5-4-8-20(19)21)24-26-23(27-28-24)17-6-2-1-3-7-17/h1-15H,(H,26,27,28). The normalized spacial score (nSPS) is 11.0. The molecule has 0 fully saturated rings. The zero-order chi connectivity index (χ0) is 18.9. The van der Waals surface area contributed by atoms with Crippen LogP contribution in [0.1, 0.15) is 0 Å². The lowest BCUT2D eigenvalue weighted by atomic mass is 9.95. The third kappa shape index (κ3) is 3.02. The highest BCUT2D eigenvalue weighted by molar-refractivity contribution is 9.10. The van der Waals surface area contributed by atoms with E-state index in [0.29, 0.717) is 5.82 Å². The minimum Gasteiger partial charge on any atom is -0.259 e. The van der Waals surface area contributed by atoms with Gasteiger partial charge in [0.05, 0.1) is 0 Å². The van der Waals surface area contributed by atoms with Gasteiger partial charge in [-0.1, -0.05) is 88.7 Å². The number of hydrogen-bond acceptors (Lipinski definition) is 2. The molecule has 0 spiro atoms. The van der Waals surface area contributed by atoms with E-state index in [9.17, 15) is 0 Å². The zero-order valence-electron chi connectivity index (χ0n) is 14.9. The smallest absolute Gasteiger partial charge is 0.182 e. The molecule has 1 aromatic heterocycles. The van der Waals surface area contributed by atoms with E-state index in [1.54, 1.807) is 0 Å². The van der Waals surface area contributed by atoms with Gasteiger partial charge in [0.2, 0.25) is 0 Å². The number of aromatic amines is 1. The number of fused-ring (bicyclic) bond motifs is 1. The average molecular weight is 426 g/mol. The molecular weight excluding hydrogens is 410 g/mol. The molecule has 5 rings (SSSR count). The van der Waals surface area contributed by atoms with Crippen LogP contribution in [-0.4, -0.2) is 15.2 Å². The second kappa shape index (κ2) is 7.06. The van der Waals surface area contributed by atoms with Gasteiger partial charge in [0, 0.05) is 15.6 Å². The SMILES string of the molecule is Brc1ccc(-c2ccc(-c3n[nH]c(-c4ccccc4)n3)c3ccccc23)cc1. The van der Waals surface area contributed by atoms with E-state index in [1.165, 1.54) is 16.5 Å². The van der Waals surface area contributed by atoms with Gasteiger partial charge < -0.3 is 0 Å².